The largest absolute Gasteiger partial charge is 0.450 e. The highest BCUT2D eigenvalue weighted by molar-refractivity contribution is 5.96. The molecule has 6 nitrogen and oxygen atoms in total. The molecule has 0 aliphatic carbocycles. The van der Waals surface area contributed by atoms with E-state index in [1.54, 1.807) is 20.0 Å². The number of hydrogen-bond donors (Lipinski definition) is 0. The summed E-state index contributed by atoms with van der Waals surface area (Å²) >= 11 is 0. The molecule has 146 valence electrons. The monoisotopic (exact) mass is 380 g/mol. The third kappa shape index (κ3) is 4.17. The van der Waals surface area contributed by atoms with Gasteiger partial charge < -0.3 is 19.0 Å². The first kappa shape index (κ1) is 19.5. The van der Waals surface area contributed by atoms with E-state index < -0.39 is 5.97 Å². The Kier molecular flexibility index (Phi) is 5.68. The fraction of sp³-hybridized carbons (Fsp3) is 0.273. The van der Waals surface area contributed by atoms with Crippen LogP contribution in [0.25, 0.3) is 11.0 Å². The van der Waals surface area contributed by atoms with Crippen LogP contribution in [0.5, 0.6) is 0 Å². The lowest BCUT2D eigenvalue weighted by atomic mass is 10.1. The Morgan fingerprint density at radius 1 is 1.00 bits per heavy atom. The van der Waals surface area contributed by atoms with Crippen molar-refractivity contribution in [3.05, 3.63) is 65.4 Å². The van der Waals surface area contributed by atoms with Gasteiger partial charge in [0.2, 0.25) is 5.76 Å². The molecule has 2 aromatic carbocycles. The smallest absolute Gasteiger partial charge is 0.375 e. The maximum absolute atomic E-state index is 12.3. The molecule has 6 heteroatoms. The quantitative estimate of drug-likeness (QED) is 0.611. The standard InChI is InChI=1S/C22H24N2O4/c1-15-18-7-5-6-8-19(18)28-21(15)22(26)27-14-20(25)24(4)13-16-9-11-17(12-10-16)23(2)3/h5-12H,13-14H2,1-4H3. The number of aryl methyl sites for hydroxylation is 1. The van der Waals surface area contributed by atoms with E-state index in [1.807, 2.05) is 61.5 Å². The number of nitrogens with zero attached hydrogens (tertiary/aromatic N) is 2. The minimum absolute atomic E-state index is 0.135. The number of esters is 1. The number of carbonyl (C=O) groups is 2. The molecule has 0 saturated carbocycles. The summed E-state index contributed by atoms with van der Waals surface area (Å²) in [6.45, 7) is 1.91. The molecule has 1 aromatic heterocycles. The van der Waals surface area contributed by atoms with Crippen molar-refractivity contribution in [3.63, 3.8) is 0 Å². The van der Waals surface area contributed by atoms with E-state index in [4.69, 9.17) is 9.15 Å². The van der Waals surface area contributed by atoms with Gasteiger partial charge in [-0.15, -0.1) is 0 Å². The van der Waals surface area contributed by atoms with Gasteiger partial charge in [0, 0.05) is 44.3 Å². The van der Waals surface area contributed by atoms with Crippen LogP contribution in [0, 0.1) is 6.92 Å². The van der Waals surface area contributed by atoms with Gasteiger partial charge in [-0.25, -0.2) is 4.79 Å². The normalized spacial score (nSPS) is 10.7. The molecule has 0 bridgehead atoms. The van der Waals surface area contributed by atoms with Crippen LogP contribution in [0.1, 0.15) is 21.7 Å². The molecule has 1 heterocycles. The number of carbonyl (C=O) groups excluding carboxylic acids is 2. The summed E-state index contributed by atoms with van der Waals surface area (Å²) in [5.41, 5.74) is 3.42. The third-order valence-electron chi connectivity index (χ3n) is 4.65. The molecule has 3 aromatic rings. The number of furan rings is 1. The highest BCUT2D eigenvalue weighted by atomic mass is 16.5. The van der Waals surface area contributed by atoms with Gasteiger partial charge >= 0.3 is 5.97 Å². The molecule has 1 amide bonds. The molecule has 3 rings (SSSR count). The second-order valence-electron chi connectivity index (χ2n) is 6.94. The first-order valence-electron chi connectivity index (χ1n) is 9.02. The van der Waals surface area contributed by atoms with Crippen LogP contribution in [-0.2, 0) is 16.1 Å². The van der Waals surface area contributed by atoms with E-state index in [2.05, 4.69) is 0 Å². The number of hydrogen-bond acceptors (Lipinski definition) is 5. The molecule has 0 unspecified atom stereocenters. The Hall–Kier alpha value is -3.28. The van der Waals surface area contributed by atoms with Crippen LogP contribution < -0.4 is 4.90 Å². The van der Waals surface area contributed by atoms with E-state index >= 15 is 0 Å². The van der Waals surface area contributed by atoms with Gasteiger partial charge in [0.05, 0.1) is 0 Å². The summed E-state index contributed by atoms with van der Waals surface area (Å²) in [5.74, 6) is -0.777. The highest BCUT2D eigenvalue weighted by Gasteiger charge is 2.20. The van der Waals surface area contributed by atoms with Gasteiger partial charge in [-0.1, -0.05) is 30.3 Å². The summed E-state index contributed by atoms with van der Waals surface area (Å²) in [7, 11) is 5.63. The topological polar surface area (TPSA) is 63.0 Å². The van der Waals surface area contributed by atoms with Crippen molar-refractivity contribution < 1.29 is 18.7 Å². The zero-order chi connectivity index (χ0) is 20.3. The third-order valence-corrected chi connectivity index (χ3v) is 4.65. The number of rotatable bonds is 6. The molecule has 0 saturated heterocycles. The van der Waals surface area contributed by atoms with Gasteiger partial charge in [-0.2, -0.15) is 0 Å². The first-order valence-corrected chi connectivity index (χ1v) is 9.02. The molecule has 0 N–H and O–H groups in total. The fourth-order valence-corrected chi connectivity index (χ4v) is 2.93. The average molecular weight is 380 g/mol. The first-order chi connectivity index (χ1) is 13.4. The average Bonchev–Trinajstić information content (AvgIpc) is 3.03. The van der Waals surface area contributed by atoms with Crippen molar-refractivity contribution in [3.8, 4) is 0 Å². The second-order valence-corrected chi connectivity index (χ2v) is 6.94. The Balaban J connectivity index is 1.58. The molecule has 0 aliphatic heterocycles. The summed E-state index contributed by atoms with van der Waals surface area (Å²) in [5, 5.41) is 0.860. The van der Waals surface area contributed by atoms with Crippen molar-refractivity contribution in [1.29, 1.82) is 0 Å². The Bertz CT molecular complexity index is 989. The van der Waals surface area contributed by atoms with Crippen LogP contribution >= 0.6 is 0 Å². The van der Waals surface area contributed by atoms with Gasteiger partial charge in [0.25, 0.3) is 5.91 Å². The number of benzene rings is 2. The number of ether oxygens (including phenoxy) is 1. The zero-order valence-electron chi connectivity index (χ0n) is 16.6. The molecule has 0 spiro atoms. The number of amides is 1. The van der Waals surface area contributed by atoms with E-state index in [0.717, 1.165) is 16.6 Å². The SMILES string of the molecule is Cc1c(C(=O)OCC(=O)N(C)Cc2ccc(N(C)C)cc2)oc2ccccc12. The van der Waals surface area contributed by atoms with Crippen LogP contribution in [0.15, 0.2) is 52.9 Å². The van der Waals surface area contributed by atoms with Crippen LogP contribution in [0.4, 0.5) is 5.69 Å². The molecule has 0 atom stereocenters. The van der Waals surface area contributed by atoms with Gasteiger partial charge in [0.1, 0.15) is 5.58 Å². The van der Waals surface area contributed by atoms with Crippen LogP contribution in [-0.4, -0.2) is 44.5 Å². The van der Waals surface area contributed by atoms with Crippen LogP contribution in [0.3, 0.4) is 0 Å². The Morgan fingerprint density at radius 2 is 1.68 bits per heavy atom. The van der Waals surface area contributed by atoms with Crippen molar-refractivity contribution in [2.75, 3.05) is 32.6 Å². The lowest BCUT2D eigenvalue weighted by Gasteiger charge is -2.18. The number of anilines is 1. The molecular formula is C22H24N2O4. The Morgan fingerprint density at radius 3 is 2.32 bits per heavy atom. The van der Waals surface area contributed by atoms with Crippen molar-refractivity contribution in [2.45, 2.75) is 13.5 Å². The van der Waals surface area contributed by atoms with Crippen molar-refractivity contribution in [1.82, 2.24) is 4.90 Å². The predicted octanol–water partition coefficient (Wildman–Crippen LogP) is 3.62. The van der Waals surface area contributed by atoms with E-state index in [1.165, 1.54) is 4.90 Å². The highest BCUT2D eigenvalue weighted by Crippen LogP contribution is 2.25. The predicted molar refractivity (Wildman–Crippen MR) is 108 cm³/mol. The second kappa shape index (κ2) is 8.17. The minimum atomic E-state index is -0.634. The summed E-state index contributed by atoms with van der Waals surface area (Å²) in [4.78, 5) is 28.2. The Labute approximate surface area is 164 Å². The van der Waals surface area contributed by atoms with Gasteiger partial charge in [-0.05, 0) is 30.7 Å². The van der Waals surface area contributed by atoms with Crippen LogP contribution in [0.2, 0.25) is 0 Å². The maximum atomic E-state index is 12.3. The lowest BCUT2D eigenvalue weighted by Crippen LogP contribution is -2.30. The van der Waals surface area contributed by atoms with E-state index in [-0.39, 0.29) is 18.3 Å². The lowest BCUT2D eigenvalue weighted by molar-refractivity contribution is -0.133. The van der Waals surface area contributed by atoms with Crippen molar-refractivity contribution in [2.24, 2.45) is 0 Å². The molecule has 0 radical (unpaired) electrons. The van der Waals surface area contributed by atoms with Gasteiger partial charge in [-0.3, -0.25) is 4.79 Å². The fourth-order valence-electron chi connectivity index (χ4n) is 2.93. The summed E-state index contributed by atoms with van der Waals surface area (Å²) < 4.78 is 10.8. The molecule has 28 heavy (non-hydrogen) atoms. The van der Waals surface area contributed by atoms with E-state index in [9.17, 15) is 9.59 Å². The summed E-state index contributed by atoms with van der Waals surface area (Å²) in [6, 6.07) is 15.3. The van der Waals surface area contributed by atoms with Gasteiger partial charge in [0.15, 0.2) is 6.61 Å². The molecule has 0 aliphatic rings. The van der Waals surface area contributed by atoms with E-state index in [0.29, 0.717) is 17.7 Å². The zero-order valence-corrected chi connectivity index (χ0v) is 16.6. The number of likely N-dealkylation sites (N-methyl/N-ethyl adjacent to an activating group) is 1. The summed E-state index contributed by atoms with van der Waals surface area (Å²) in [6.07, 6.45) is 0. The number of fused-ring (bicyclic) bond motifs is 1. The maximum Gasteiger partial charge on any atom is 0.375 e. The molecule has 0 fully saturated rings. The minimum Gasteiger partial charge on any atom is -0.450 e. The number of para-hydroxylation sites is 1. The molecular weight excluding hydrogens is 356 g/mol. The van der Waals surface area contributed by atoms with Crippen molar-refractivity contribution >= 4 is 28.5 Å².